The van der Waals surface area contributed by atoms with Crippen LogP contribution in [0.5, 0.6) is 0 Å². The molecule has 4 amide bonds. The Kier molecular flexibility index (Phi) is 3.29. The largest absolute Gasteiger partial charge is 0.402 e. The van der Waals surface area contributed by atoms with E-state index in [2.05, 4.69) is 4.99 Å². The van der Waals surface area contributed by atoms with Crippen LogP contribution in [0.3, 0.4) is 0 Å². The molecule has 2 aliphatic rings. The minimum Gasteiger partial charge on any atom is -0.367 e. The zero-order valence-corrected chi connectivity index (χ0v) is 14.4. The lowest BCUT2D eigenvalue weighted by molar-refractivity contribution is -0.677. The highest BCUT2D eigenvalue weighted by atomic mass is 16.2. The molecule has 9 heteroatoms. The number of rotatable bonds is 2. The Labute approximate surface area is 139 Å². The molecular formula is C15H21N6O3+. The Morgan fingerprint density at radius 2 is 1.92 bits per heavy atom. The molecule has 3 rings (SSSR count). The van der Waals surface area contributed by atoms with Gasteiger partial charge >= 0.3 is 12.0 Å². The van der Waals surface area contributed by atoms with Crippen LogP contribution in [0, 0.1) is 0 Å². The third-order valence-electron chi connectivity index (χ3n) is 4.33. The summed E-state index contributed by atoms with van der Waals surface area (Å²) in [6.07, 6.45) is 1.81. The van der Waals surface area contributed by atoms with E-state index in [0.717, 1.165) is 10.6 Å². The van der Waals surface area contributed by atoms with Crippen molar-refractivity contribution < 1.29 is 19.0 Å². The number of imide groups is 1. The average molecular weight is 333 g/mol. The summed E-state index contributed by atoms with van der Waals surface area (Å²) in [5, 5.41) is 0. The van der Waals surface area contributed by atoms with E-state index in [-0.39, 0.29) is 17.9 Å². The molecule has 9 nitrogen and oxygen atoms in total. The molecule has 128 valence electrons. The number of hydrogen-bond donors (Lipinski definition) is 1. The van der Waals surface area contributed by atoms with Gasteiger partial charge in [0, 0.05) is 19.5 Å². The van der Waals surface area contributed by atoms with Gasteiger partial charge in [0.2, 0.25) is 11.9 Å². The molecule has 0 bridgehead atoms. The summed E-state index contributed by atoms with van der Waals surface area (Å²) in [7, 11) is 3.02. The van der Waals surface area contributed by atoms with Crippen LogP contribution in [0.2, 0.25) is 0 Å². The van der Waals surface area contributed by atoms with E-state index in [4.69, 9.17) is 5.73 Å². The lowest BCUT2D eigenvalue weighted by atomic mass is 9.92. The molecule has 0 aliphatic carbocycles. The number of fused-ring (bicyclic) bond motifs is 3. The van der Waals surface area contributed by atoms with Crippen molar-refractivity contribution in [1.29, 1.82) is 0 Å². The number of amidine groups is 1. The number of amides is 4. The Morgan fingerprint density at radius 1 is 1.29 bits per heavy atom. The first-order chi connectivity index (χ1) is 11.0. The van der Waals surface area contributed by atoms with Gasteiger partial charge in [0.25, 0.3) is 11.8 Å². The molecule has 1 unspecified atom stereocenters. The molecule has 1 aromatic heterocycles. The van der Waals surface area contributed by atoms with Gasteiger partial charge in [-0.1, -0.05) is 25.8 Å². The minimum absolute atomic E-state index is 0.0415. The van der Waals surface area contributed by atoms with Gasteiger partial charge in [-0.3, -0.25) is 19.4 Å². The molecule has 0 aromatic carbocycles. The first-order valence-corrected chi connectivity index (χ1v) is 7.61. The number of nitrogens with zero attached hydrogens (tertiary/aromatic N) is 5. The highest BCUT2D eigenvalue weighted by molar-refractivity contribution is 6.18. The number of carbonyl (C=O) groups is 3. The Bertz CT molecular complexity index is 801. The molecule has 1 fully saturated rings. The molecule has 0 spiro atoms. The predicted octanol–water partition coefficient (Wildman–Crippen LogP) is -0.333. The first-order valence-electron chi connectivity index (χ1n) is 7.61. The van der Waals surface area contributed by atoms with Crippen LogP contribution in [-0.4, -0.2) is 52.1 Å². The van der Waals surface area contributed by atoms with Crippen molar-refractivity contribution in [2.45, 2.75) is 38.8 Å². The molecule has 3 heterocycles. The maximum atomic E-state index is 12.6. The summed E-state index contributed by atoms with van der Waals surface area (Å²) >= 11 is 0. The number of nitrogens with two attached hydrogens (primary N) is 1. The van der Waals surface area contributed by atoms with Crippen LogP contribution >= 0.6 is 0 Å². The number of aliphatic imine (C=N–C) groups is 1. The lowest BCUT2D eigenvalue weighted by Crippen LogP contribution is -2.61. The van der Waals surface area contributed by atoms with Gasteiger partial charge in [-0.2, -0.15) is 0 Å². The molecule has 1 aromatic rings. The summed E-state index contributed by atoms with van der Waals surface area (Å²) in [5.74, 6) is -0.0430. The van der Waals surface area contributed by atoms with Crippen molar-refractivity contribution in [3.05, 3.63) is 11.9 Å². The van der Waals surface area contributed by atoms with Gasteiger partial charge < -0.3 is 5.73 Å². The maximum Gasteiger partial charge on any atom is 0.402 e. The van der Waals surface area contributed by atoms with Crippen LogP contribution in [-0.2, 0) is 21.5 Å². The highest BCUT2D eigenvalue weighted by Gasteiger charge is 2.52. The second kappa shape index (κ2) is 4.89. The molecule has 2 N–H and O–H groups in total. The first kappa shape index (κ1) is 16.2. The summed E-state index contributed by atoms with van der Waals surface area (Å²) in [4.78, 5) is 43.1. The number of carbonyl (C=O) groups excluding carboxylic acids is 3. The van der Waals surface area contributed by atoms with Crippen LogP contribution in [0.15, 0.2) is 11.2 Å². The normalized spacial score (nSPS) is 20.2. The average Bonchev–Trinajstić information content (AvgIpc) is 2.99. The van der Waals surface area contributed by atoms with E-state index < -0.39 is 18.0 Å². The van der Waals surface area contributed by atoms with Crippen molar-refractivity contribution in [2.24, 2.45) is 10.7 Å². The van der Waals surface area contributed by atoms with E-state index in [1.165, 1.54) is 11.9 Å². The second-order valence-electron chi connectivity index (χ2n) is 7.14. The highest BCUT2D eigenvalue weighted by Crippen LogP contribution is 2.32. The third-order valence-corrected chi connectivity index (χ3v) is 4.33. The fourth-order valence-corrected chi connectivity index (χ4v) is 3.10. The van der Waals surface area contributed by atoms with Crippen molar-refractivity contribution in [2.75, 3.05) is 14.1 Å². The van der Waals surface area contributed by atoms with Crippen LogP contribution in [0.25, 0.3) is 0 Å². The van der Waals surface area contributed by atoms with Crippen LogP contribution in [0.4, 0.5) is 10.7 Å². The molecule has 0 saturated carbocycles. The molecular weight excluding hydrogens is 312 g/mol. The zero-order chi connectivity index (χ0) is 18.0. The van der Waals surface area contributed by atoms with Gasteiger partial charge in [-0.05, 0) is 0 Å². The number of likely N-dealkylation sites (N-methyl/N-ethyl adjacent to an activating group) is 2. The minimum atomic E-state index is -0.706. The van der Waals surface area contributed by atoms with E-state index >= 15 is 0 Å². The molecule has 1 atom stereocenters. The Morgan fingerprint density at radius 3 is 2.46 bits per heavy atom. The summed E-state index contributed by atoms with van der Waals surface area (Å²) in [6.45, 7) is 5.97. The number of aromatic nitrogens is 2. The standard InChI is InChI=1S/C15H20N6O3/c1-15(2,3)8-6-21-10-11(17-13(21)20(8)7-9(16)22)18(4)14(24)19(5)12(10)23/h6,10H,7H2,1-5H3,(H-,16,22)/p+1. The van der Waals surface area contributed by atoms with E-state index in [1.54, 1.807) is 16.2 Å². The summed E-state index contributed by atoms with van der Waals surface area (Å²) < 4.78 is 3.42. The van der Waals surface area contributed by atoms with E-state index in [1.807, 2.05) is 27.0 Å². The second-order valence-corrected chi connectivity index (χ2v) is 7.14. The maximum absolute atomic E-state index is 12.6. The van der Waals surface area contributed by atoms with Gasteiger partial charge in [0.1, 0.15) is 11.9 Å². The number of imidazole rings is 1. The smallest absolute Gasteiger partial charge is 0.367 e. The van der Waals surface area contributed by atoms with Gasteiger partial charge in [-0.25, -0.2) is 13.9 Å². The summed E-state index contributed by atoms with van der Waals surface area (Å²) in [6, 6.07) is -1.14. The summed E-state index contributed by atoms with van der Waals surface area (Å²) in [5.41, 5.74) is 5.95. The molecule has 24 heavy (non-hydrogen) atoms. The Hall–Kier alpha value is -2.71. The molecule has 1 saturated heterocycles. The van der Waals surface area contributed by atoms with E-state index in [0.29, 0.717) is 11.8 Å². The van der Waals surface area contributed by atoms with Crippen LogP contribution < -0.4 is 10.3 Å². The van der Waals surface area contributed by atoms with Gasteiger partial charge in [-0.15, -0.1) is 0 Å². The van der Waals surface area contributed by atoms with E-state index in [9.17, 15) is 14.4 Å². The van der Waals surface area contributed by atoms with Gasteiger partial charge in [0.05, 0.1) is 0 Å². The fraction of sp³-hybridized carbons (Fsp3) is 0.533. The number of hydrogen-bond acceptors (Lipinski definition) is 4. The molecule has 2 aliphatic heterocycles. The number of primary amides is 1. The zero-order valence-electron chi connectivity index (χ0n) is 14.4. The predicted molar refractivity (Wildman–Crippen MR) is 84.6 cm³/mol. The SMILES string of the molecule is CN1C(=O)C2C(=Nc3n(CC(N)=O)c(C(C)(C)C)c[n+]32)N(C)C1=O. The fourth-order valence-electron chi connectivity index (χ4n) is 3.10. The monoisotopic (exact) mass is 333 g/mol. The van der Waals surface area contributed by atoms with Crippen molar-refractivity contribution in [3.8, 4) is 0 Å². The number of urea groups is 1. The van der Waals surface area contributed by atoms with Gasteiger partial charge in [0.15, 0.2) is 6.54 Å². The van der Waals surface area contributed by atoms with Crippen molar-refractivity contribution >= 4 is 29.6 Å². The van der Waals surface area contributed by atoms with Crippen LogP contribution in [0.1, 0.15) is 32.5 Å². The molecule has 0 radical (unpaired) electrons. The third kappa shape index (κ3) is 2.11. The van der Waals surface area contributed by atoms with Crippen molar-refractivity contribution in [1.82, 2.24) is 14.4 Å². The Balaban J connectivity index is 2.21. The quantitative estimate of drug-likeness (QED) is 0.749. The lowest BCUT2D eigenvalue weighted by Gasteiger charge is -2.30. The topological polar surface area (TPSA) is 105 Å². The van der Waals surface area contributed by atoms with Crippen molar-refractivity contribution in [3.63, 3.8) is 0 Å².